The third-order valence-corrected chi connectivity index (χ3v) is 3.63. The molecule has 4 unspecified atom stereocenters. The first-order valence-electron chi connectivity index (χ1n) is 6.31. The lowest BCUT2D eigenvalue weighted by atomic mass is 9.97. The van der Waals surface area contributed by atoms with Crippen molar-refractivity contribution in [2.75, 3.05) is 0 Å². The van der Waals surface area contributed by atoms with Crippen LogP contribution in [0.2, 0.25) is 0 Å². The van der Waals surface area contributed by atoms with Gasteiger partial charge in [-0.2, -0.15) is 0 Å². The second-order valence-electron chi connectivity index (χ2n) is 4.86. The van der Waals surface area contributed by atoms with Crippen molar-refractivity contribution in [3.05, 3.63) is 12.2 Å². The Balaban J connectivity index is 1.76. The number of allylic oxidation sites excluding steroid dienone is 1. The Kier molecular flexibility index (Phi) is 3.81. The highest BCUT2D eigenvalue weighted by molar-refractivity contribution is 5.00. The van der Waals surface area contributed by atoms with E-state index in [1.54, 1.807) is 0 Å². The number of hydrogen-bond donors (Lipinski definition) is 1. The van der Waals surface area contributed by atoms with Crippen LogP contribution in [0.5, 0.6) is 0 Å². The summed E-state index contributed by atoms with van der Waals surface area (Å²) in [6.07, 6.45) is 11.3. The first kappa shape index (κ1) is 11.2. The summed E-state index contributed by atoms with van der Waals surface area (Å²) >= 11 is 0. The van der Waals surface area contributed by atoms with Gasteiger partial charge < -0.3 is 9.84 Å². The Hall–Kier alpha value is -0.340. The van der Waals surface area contributed by atoms with E-state index in [1.165, 1.54) is 32.1 Å². The topological polar surface area (TPSA) is 29.5 Å². The summed E-state index contributed by atoms with van der Waals surface area (Å²) in [5.74, 6) is 0.612. The third kappa shape index (κ3) is 2.61. The molecule has 1 heterocycles. The highest BCUT2D eigenvalue weighted by Gasteiger charge is 2.43. The lowest BCUT2D eigenvalue weighted by molar-refractivity contribution is -0.0515. The Morgan fingerprint density at radius 1 is 1.47 bits per heavy atom. The summed E-state index contributed by atoms with van der Waals surface area (Å²) in [4.78, 5) is 0. The van der Waals surface area contributed by atoms with Crippen LogP contribution in [0.15, 0.2) is 12.2 Å². The van der Waals surface area contributed by atoms with Crippen LogP contribution in [0.3, 0.4) is 0 Å². The molecule has 2 aliphatic rings. The highest BCUT2D eigenvalue weighted by atomic mass is 16.5. The van der Waals surface area contributed by atoms with Crippen LogP contribution in [0, 0.1) is 5.92 Å². The van der Waals surface area contributed by atoms with Crippen molar-refractivity contribution in [1.82, 2.24) is 0 Å². The van der Waals surface area contributed by atoms with E-state index in [0.29, 0.717) is 12.0 Å². The minimum absolute atomic E-state index is 0.0848. The van der Waals surface area contributed by atoms with Crippen molar-refractivity contribution in [3.63, 3.8) is 0 Å². The fraction of sp³-hybridized carbons (Fsp3) is 0.846. The van der Waals surface area contributed by atoms with Crippen LogP contribution in [0.1, 0.15) is 45.4 Å². The maximum atomic E-state index is 9.96. The van der Waals surface area contributed by atoms with E-state index in [4.69, 9.17) is 4.74 Å². The normalized spacial score (nSPS) is 36.5. The van der Waals surface area contributed by atoms with Gasteiger partial charge in [0.1, 0.15) is 0 Å². The molecule has 1 N–H and O–H groups in total. The Labute approximate surface area is 92.3 Å². The van der Waals surface area contributed by atoms with Crippen molar-refractivity contribution in [2.45, 2.75) is 63.8 Å². The lowest BCUT2D eigenvalue weighted by Crippen LogP contribution is -2.32. The fourth-order valence-corrected chi connectivity index (χ4v) is 2.76. The quantitative estimate of drug-likeness (QED) is 0.558. The van der Waals surface area contributed by atoms with E-state index in [9.17, 15) is 5.11 Å². The van der Waals surface area contributed by atoms with Crippen molar-refractivity contribution in [1.29, 1.82) is 0 Å². The molecule has 1 aliphatic heterocycles. The van der Waals surface area contributed by atoms with Gasteiger partial charge in [0.25, 0.3) is 0 Å². The number of rotatable bonds is 5. The molecule has 0 amide bonds. The van der Waals surface area contributed by atoms with E-state index in [0.717, 1.165) is 6.42 Å². The van der Waals surface area contributed by atoms with Crippen LogP contribution < -0.4 is 0 Å². The second kappa shape index (κ2) is 5.13. The van der Waals surface area contributed by atoms with E-state index in [-0.39, 0.29) is 12.2 Å². The molecular formula is C13H22O2. The number of unbranched alkanes of at least 4 members (excludes halogenated alkanes) is 2. The van der Waals surface area contributed by atoms with Crippen LogP contribution >= 0.6 is 0 Å². The van der Waals surface area contributed by atoms with Crippen LogP contribution in [0.4, 0.5) is 0 Å². The summed E-state index contributed by atoms with van der Waals surface area (Å²) in [7, 11) is 0. The first-order valence-corrected chi connectivity index (χ1v) is 6.31. The number of fused-ring (bicyclic) bond motifs is 2. The maximum Gasteiger partial charge on any atom is 0.0985 e. The van der Waals surface area contributed by atoms with Crippen molar-refractivity contribution >= 4 is 0 Å². The number of ether oxygens (including phenoxy) is 1. The standard InChI is InChI=1S/C13H22O2/c1-2-3-4-5-6-12(14)13-10-7-8-11(9-10)15-13/h5-6,10-14H,2-4,7-9H2,1H3. The van der Waals surface area contributed by atoms with Crippen LogP contribution in [-0.2, 0) is 4.74 Å². The molecule has 2 heteroatoms. The highest BCUT2D eigenvalue weighted by Crippen LogP contribution is 2.41. The molecule has 2 fully saturated rings. The van der Waals surface area contributed by atoms with Gasteiger partial charge in [0.05, 0.1) is 18.3 Å². The molecule has 1 saturated carbocycles. The van der Waals surface area contributed by atoms with Gasteiger partial charge in [-0.25, -0.2) is 0 Å². The molecule has 2 rings (SSSR count). The summed E-state index contributed by atoms with van der Waals surface area (Å²) in [6.45, 7) is 2.18. The van der Waals surface area contributed by atoms with E-state index in [2.05, 4.69) is 13.0 Å². The minimum atomic E-state index is -0.378. The van der Waals surface area contributed by atoms with Crippen LogP contribution in [-0.4, -0.2) is 23.4 Å². The van der Waals surface area contributed by atoms with Gasteiger partial charge in [-0.05, 0) is 31.6 Å². The van der Waals surface area contributed by atoms with E-state index in [1.807, 2.05) is 6.08 Å². The molecule has 0 radical (unpaired) electrons. The van der Waals surface area contributed by atoms with Gasteiger partial charge in [-0.15, -0.1) is 0 Å². The zero-order valence-corrected chi connectivity index (χ0v) is 9.56. The van der Waals surface area contributed by atoms with Crippen molar-refractivity contribution in [2.24, 2.45) is 5.92 Å². The zero-order chi connectivity index (χ0) is 10.7. The molecule has 1 saturated heterocycles. The largest absolute Gasteiger partial charge is 0.386 e. The molecule has 86 valence electrons. The van der Waals surface area contributed by atoms with Gasteiger partial charge in [0.2, 0.25) is 0 Å². The summed E-state index contributed by atoms with van der Waals surface area (Å²) in [6, 6.07) is 0. The van der Waals surface area contributed by atoms with Gasteiger partial charge in [0, 0.05) is 0 Å². The fourth-order valence-electron chi connectivity index (χ4n) is 2.76. The molecule has 0 spiro atoms. The second-order valence-corrected chi connectivity index (χ2v) is 4.86. The molecule has 1 aliphatic carbocycles. The number of aliphatic hydroxyl groups excluding tert-OH is 1. The first-order chi connectivity index (χ1) is 7.31. The maximum absolute atomic E-state index is 9.96. The average molecular weight is 210 g/mol. The Morgan fingerprint density at radius 3 is 2.93 bits per heavy atom. The van der Waals surface area contributed by atoms with Crippen molar-refractivity contribution in [3.8, 4) is 0 Å². The Morgan fingerprint density at radius 2 is 2.33 bits per heavy atom. The molecule has 4 atom stereocenters. The SMILES string of the molecule is CCCCC=CC(O)C1OC2CCC1C2. The molecule has 2 nitrogen and oxygen atoms in total. The van der Waals surface area contributed by atoms with Gasteiger partial charge in [-0.3, -0.25) is 0 Å². The van der Waals surface area contributed by atoms with Gasteiger partial charge in [0.15, 0.2) is 0 Å². The van der Waals surface area contributed by atoms with Crippen LogP contribution in [0.25, 0.3) is 0 Å². The predicted molar refractivity (Wildman–Crippen MR) is 60.7 cm³/mol. The monoisotopic (exact) mass is 210 g/mol. The molecule has 15 heavy (non-hydrogen) atoms. The third-order valence-electron chi connectivity index (χ3n) is 3.63. The number of hydrogen-bond acceptors (Lipinski definition) is 2. The molecule has 0 aromatic rings. The molecule has 0 aromatic carbocycles. The zero-order valence-electron chi connectivity index (χ0n) is 9.56. The molecule has 0 aromatic heterocycles. The lowest BCUT2D eigenvalue weighted by Gasteiger charge is -2.25. The predicted octanol–water partition coefficient (Wildman–Crippen LogP) is 2.66. The molecular weight excluding hydrogens is 188 g/mol. The van der Waals surface area contributed by atoms with Gasteiger partial charge in [-0.1, -0.05) is 31.9 Å². The number of aliphatic hydroxyl groups is 1. The minimum Gasteiger partial charge on any atom is -0.386 e. The summed E-state index contributed by atoms with van der Waals surface area (Å²) in [5, 5.41) is 9.96. The smallest absolute Gasteiger partial charge is 0.0985 e. The Bertz CT molecular complexity index is 225. The summed E-state index contributed by atoms with van der Waals surface area (Å²) in [5.41, 5.74) is 0. The van der Waals surface area contributed by atoms with Crippen molar-refractivity contribution < 1.29 is 9.84 Å². The molecule has 2 bridgehead atoms. The summed E-state index contributed by atoms with van der Waals surface area (Å²) < 4.78 is 5.78. The van der Waals surface area contributed by atoms with E-state index >= 15 is 0 Å². The van der Waals surface area contributed by atoms with E-state index < -0.39 is 0 Å². The average Bonchev–Trinajstić information content (AvgIpc) is 2.85. The van der Waals surface area contributed by atoms with Gasteiger partial charge >= 0.3 is 0 Å².